The first-order chi connectivity index (χ1) is 15.5. The van der Waals surface area contributed by atoms with Crippen molar-refractivity contribution in [1.29, 1.82) is 0 Å². The molecule has 0 aliphatic rings. The fourth-order valence-corrected chi connectivity index (χ4v) is 4.36. The van der Waals surface area contributed by atoms with Crippen molar-refractivity contribution in [2.75, 3.05) is 5.75 Å². The number of hydrogen-bond acceptors (Lipinski definition) is 5. The first-order valence-electron chi connectivity index (χ1n) is 9.62. The molecule has 0 bridgehead atoms. The van der Waals surface area contributed by atoms with Gasteiger partial charge in [0, 0.05) is 15.1 Å². The summed E-state index contributed by atoms with van der Waals surface area (Å²) in [7, 11) is 0. The Hall–Kier alpha value is -2.81. The van der Waals surface area contributed by atoms with E-state index in [-0.39, 0.29) is 17.4 Å². The third kappa shape index (κ3) is 5.51. The highest BCUT2D eigenvalue weighted by Crippen LogP contribution is 2.25. The van der Waals surface area contributed by atoms with Crippen LogP contribution in [0.25, 0.3) is 11.0 Å². The van der Waals surface area contributed by atoms with Crippen LogP contribution in [0.5, 0.6) is 5.75 Å². The number of nitrogens with one attached hydrogen (secondary N) is 1. The van der Waals surface area contributed by atoms with Gasteiger partial charge in [0.1, 0.15) is 5.75 Å². The number of aromatic nitrogens is 2. The Labute approximate surface area is 202 Å². The molecule has 0 atom stereocenters. The van der Waals surface area contributed by atoms with Gasteiger partial charge in [-0.3, -0.25) is 4.79 Å². The number of fused-ring (bicyclic) bond motifs is 1. The van der Waals surface area contributed by atoms with Crippen molar-refractivity contribution >= 4 is 62.4 Å². The van der Waals surface area contributed by atoms with E-state index < -0.39 is 0 Å². The number of phenolic OH excluding ortho intramolecular Hbond substituents is 1. The molecule has 0 aliphatic carbocycles. The van der Waals surface area contributed by atoms with Gasteiger partial charge in [-0.25, -0.2) is 10.4 Å². The van der Waals surface area contributed by atoms with Gasteiger partial charge >= 0.3 is 0 Å². The predicted octanol–water partition coefficient (Wildman–Crippen LogP) is 5.45. The molecule has 2 N–H and O–H groups in total. The number of aromatic hydroxyl groups is 1. The van der Waals surface area contributed by atoms with Gasteiger partial charge < -0.3 is 9.67 Å². The van der Waals surface area contributed by atoms with Gasteiger partial charge in [-0.2, -0.15) is 5.10 Å². The van der Waals surface area contributed by atoms with Crippen LogP contribution in [0.15, 0.2) is 81.5 Å². The average molecular weight is 530 g/mol. The van der Waals surface area contributed by atoms with Crippen molar-refractivity contribution in [1.82, 2.24) is 15.0 Å². The molecule has 0 spiro atoms. The maximum absolute atomic E-state index is 12.3. The van der Waals surface area contributed by atoms with Crippen molar-refractivity contribution in [2.24, 2.45) is 5.10 Å². The SMILES string of the molecule is O=C(CSc1nc2ccccc2n1Cc1ccc(Cl)cc1)N/N=C\c1cc(Br)ccc1O. The van der Waals surface area contributed by atoms with E-state index in [2.05, 4.69) is 31.0 Å². The molecule has 0 radical (unpaired) electrons. The number of amides is 1. The third-order valence-electron chi connectivity index (χ3n) is 4.59. The Balaban J connectivity index is 1.45. The minimum Gasteiger partial charge on any atom is -0.507 e. The molecule has 1 aromatic heterocycles. The standard InChI is InChI=1S/C23H18BrClN4O2S/c24-17-7-10-21(30)16(11-17)12-26-28-22(31)14-32-23-27-19-3-1-2-4-20(19)29(23)13-15-5-8-18(25)9-6-15/h1-12,30H,13-14H2,(H,28,31)/b26-12-. The van der Waals surface area contributed by atoms with Crippen LogP contribution in [0.3, 0.4) is 0 Å². The number of para-hydroxylation sites is 2. The molecular weight excluding hydrogens is 512 g/mol. The minimum absolute atomic E-state index is 0.0801. The number of phenols is 1. The molecule has 9 heteroatoms. The van der Waals surface area contributed by atoms with E-state index in [1.807, 2.05) is 48.5 Å². The summed E-state index contributed by atoms with van der Waals surface area (Å²) in [5.74, 6) is -0.0477. The van der Waals surface area contributed by atoms with Crippen LogP contribution in [0.2, 0.25) is 5.02 Å². The second-order valence-electron chi connectivity index (χ2n) is 6.88. The van der Waals surface area contributed by atoms with E-state index in [9.17, 15) is 9.90 Å². The van der Waals surface area contributed by atoms with Gasteiger partial charge in [0.15, 0.2) is 5.16 Å². The number of rotatable bonds is 7. The van der Waals surface area contributed by atoms with E-state index in [1.54, 1.807) is 18.2 Å². The number of hydrogen-bond donors (Lipinski definition) is 2. The summed E-state index contributed by atoms with van der Waals surface area (Å²) in [6, 6.07) is 20.5. The molecular formula is C23H18BrClN4O2S. The highest BCUT2D eigenvalue weighted by Gasteiger charge is 2.13. The number of halogens is 2. The molecule has 1 heterocycles. The minimum atomic E-state index is -0.272. The number of carbonyl (C=O) groups is 1. The van der Waals surface area contributed by atoms with Crippen LogP contribution >= 0.6 is 39.3 Å². The van der Waals surface area contributed by atoms with Gasteiger partial charge in [0.25, 0.3) is 5.91 Å². The van der Waals surface area contributed by atoms with Crippen molar-refractivity contribution in [3.05, 3.63) is 87.4 Å². The molecule has 32 heavy (non-hydrogen) atoms. The van der Waals surface area contributed by atoms with Crippen LogP contribution in [-0.4, -0.2) is 32.5 Å². The quantitative estimate of drug-likeness (QED) is 0.190. The molecule has 6 nitrogen and oxygen atoms in total. The lowest BCUT2D eigenvalue weighted by molar-refractivity contribution is -0.118. The summed E-state index contributed by atoms with van der Waals surface area (Å²) >= 11 is 10.7. The molecule has 0 saturated carbocycles. The average Bonchev–Trinajstić information content (AvgIpc) is 3.13. The molecule has 0 saturated heterocycles. The summed E-state index contributed by atoms with van der Waals surface area (Å²) in [5.41, 5.74) is 5.93. The molecule has 0 fully saturated rings. The monoisotopic (exact) mass is 528 g/mol. The first-order valence-corrected chi connectivity index (χ1v) is 11.8. The maximum Gasteiger partial charge on any atom is 0.250 e. The summed E-state index contributed by atoms with van der Waals surface area (Å²) in [5, 5.41) is 15.2. The molecule has 4 aromatic rings. The van der Waals surface area contributed by atoms with Crippen LogP contribution < -0.4 is 5.43 Å². The molecule has 0 unspecified atom stereocenters. The summed E-state index contributed by atoms with van der Waals surface area (Å²) < 4.78 is 2.89. The normalized spacial score (nSPS) is 11.3. The molecule has 1 amide bonds. The van der Waals surface area contributed by atoms with Crippen LogP contribution in [0, 0.1) is 0 Å². The number of hydrazone groups is 1. The number of carbonyl (C=O) groups excluding carboxylic acids is 1. The van der Waals surface area contributed by atoms with E-state index in [0.717, 1.165) is 26.2 Å². The smallest absolute Gasteiger partial charge is 0.250 e. The Morgan fingerprint density at radius 3 is 2.78 bits per heavy atom. The highest BCUT2D eigenvalue weighted by molar-refractivity contribution is 9.10. The second-order valence-corrected chi connectivity index (χ2v) is 9.18. The third-order valence-corrected chi connectivity index (χ3v) is 6.31. The van der Waals surface area contributed by atoms with Crippen molar-refractivity contribution in [3.63, 3.8) is 0 Å². The molecule has 162 valence electrons. The number of nitrogens with zero attached hydrogens (tertiary/aromatic N) is 3. The van der Waals surface area contributed by atoms with Gasteiger partial charge in [-0.05, 0) is 48.0 Å². The molecule has 0 aliphatic heterocycles. The van der Waals surface area contributed by atoms with Gasteiger partial charge in [-0.1, -0.05) is 63.6 Å². The first kappa shape index (κ1) is 22.4. The fourth-order valence-electron chi connectivity index (χ4n) is 3.05. The summed E-state index contributed by atoms with van der Waals surface area (Å²) in [6.45, 7) is 0.613. The van der Waals surface area contributed by atoms with Gasteiger partial charge in [-0.15, -0.1) is 0 Å². The van der Waals surface area contributed by atoms with Gasteiger partial charge in [0.2, 0.25) is 0 Å². The van der Waals surface area contributed by atoms with Crippen molar-refractivity contribution in [2.45, 2.75) is 11.7 Å². The highest BCUT2D eigenvalue weighted by atomic mass is 79.9. The van der Waals surface area contributed by atoms with Gasteiger partial charge in [0.05, 0.1) is 29.5 Å². The van der Waals surface area contributed by atoms with Crippen LogP contribution in [-0.2, 0) is 11.3 Å². The van der Waals surface area contributed by atoms with Crippen molar-refractivity contribution < 1.29 is 9.90 Å². The zero-order valence-corrected chi connectivity index (χ0v) is 19.9. The lowest BCUT2D eigenvalue weighted by Crippen LogP contribution is -2.20. The number of benzene rings is 3. The topological polar surface area (TPSA) is 79.5 Å². The van der Waals surface area contributed by atoms with Crippen molar-refractivity contribution in [3.8, 4) is 5.75 Å². The zero-order valence-electron chi connectivity index (χ0n) is 16.7. The Morgan fingerprint density at radius 1 is 1.19 bits per heavy atom. The lowest BCUT2D eigenvalue weighted by atomic mass is 10.2. The molecule has 4 rings (SSSR count). The number of thioether (sulfide) groups is 1. The Morgan fingerprint density at radius 2 is 1.97 bits per heavy atom. The number of imidazole rings is 1. The fraction of sp³-hybridized carbons (Fsp3) is 0.0870. The zero-order chi connectivity index (χ0) is 22.5. The Kier molecular flexibility index (Phi) is 7.14. The molecule has 3 aromatic carbocycles. The Bertz CT molecular complexity index is 1290. The van der Waals surface area contributed by atoms with Crippen LogP contribution in [0.1, 0.15) is 11.1 Å². The lowest BCUT2D eigenvalue weighted by Gasteiger charge is -2.09. The van der Waals surface area contributed by atoms with Crippen LogP contribution in [0.4, 0.5) is 0 Å². The predicted molar refractivity (Wildman–Crippen MR) is 133 cm³/mol. The largest absolute Gasteiger partial charge is 0.507 e. The second kappa shape index (κ2) is 10.2. The summed E-state index contributed by atoms with van der Waals surface area (Å²) in [4.78, 5) is 17.0. The van der Waals surface area contributed by atoms with E-state index in [1.165, 1.54) is 18.0 Å². The van der Waals surface area contributed by atoms with E-state index in [0.29, 0.717) is 17.1 Å². The maximum atomic E-state index is 12.3. The summed E-state index contributed by atoms with van der Waals surface area (Å²) in [6.07, 6.45) is 1.40. The van der Waals surface area contributed by atoms with E-state index in [4.69, 9.17) is 16.6 Å². The van der Waals surface area contributed by atoms with E-state index >= 15 is 0 Å².